The molecule has 0 aliphatic heterocycles. The molecule has 2 N–H and O–H groups in total. The monoisotopic (exact) mass is 297 g/mol. The standard InChI is InChI=1S/C17H22F3N/c18-17(19,20)15-10-6-7-13(11-15)12-16(21)14-8-4-2-1-3-5-9-14/h6-8,10-11,16H,1-5,9,12,21H2/b14-8+. The molecule has 0 amide bonds. The molecule has 1 aromatic rings. The van der Waals surface area contributed by atoms with Gasteiger partial charge in [-0.3, -0.25) is 0 Å². The highest BCUT2D eigenvalue weighted by atomic mass is 19.4. The van der Waals surface area contributed by atoms with E-state index in [1.54, 1.807) is 6.07 Å². The molecular weight excluding hydrogens is 275 g/mol. The lowest BCUT2D eigenvalue weighted by Gasteiger charge is -2.19. The van der Waals surface area contributed by atoms with Gasteiger partial charge in [0.15, 0.2) is 0 Å². The van der Waals surface area contributed by atoms with Crippen LogP contribution in [0.15, 0.2) is 35.9 Å². The van der Waals surface area contributed by atoms with E-state index in [1.165, 1.54) is 37.0 Å². The first-order valence-electron chi connectivity index (χ1n) is 7.57. The number of alkyl halides is 3. The van der Waals surface area contributed by atoms with Crippen LogP contribution in [0, 0.1) is 0 Å². The van der Waals surface area contributed by atoms with E-state index in [9.17, 15) is 13.2 Å². The van der Waals surface area contributed by atoms with Crippen LogP contribution < -0.4 is 5.73 Å². The van der Waals surface area contributed by atoms with Crippen LogP contribution in [-0.2, 0) is 12.6 Å². The van der Waals surface area contributed by atoms with Crippen LogP contribution in [0.4, 0.5) is 13.2 Å². The van der Waals surface area contributed by atoms with Crippen molar-refractivity contribution in [2.45, 2.75) is 57.2 Å². The molecule has 4 heteroatoms. The average Bonchev–Trinajstić information content (AvgIpc) is 2.37. The first-order chi connectivity index (χ1) is 9.97. The molecule has 2 rings (SSSR count). The van der Waals surface area contributed by atoms with Crippen molar-refractivity contribution in [2.75, 3.05) is 0 Å². The SMILES string of the molecule is NC(Cc1cccc(C(F)(F)F)c1)/C1=C/CCCCCC1. The molecule has 116 valence electrons. The molecule has 1 aliphatic carbocycles. The smallest absolute Gasteiger partial charge is 0.324 e. The van der Waals surface area contributed by atoms with Gasteiger partial charge < -0.3 is 5.73 Å². The second kappa shape index (κ2) is 7.12. The van der Waals surface area contributed by atoms with Crippen molar-refractivity contribution in [3.63, 3.8) is 0 Å². The van der Waals surface area contributed by atoms with E-state index in [4.69, 9.17) is 5.73 Å². The van der Waals surface area contributed by atoms with Crippen LogP contribution in [-0.4, -0.2) is 6.04 Å². The van der Waals surface area contributed by atoms with Gasteiger partial charge in [0, 0.05) is 6.04 Å². The predicted octanol–water partition coefficient (Wildman–Crippen LogP) is 4.86. The zero-order chi connectivity index (χ0) is 15.3. The van der Waals surface area contributed by atoms with Gasteiger partial charge in [-0.1, -0.05) is 42.7 Å². The molecule has 21 heavy (non-hydrogen) atoms. The molecule has 0 heterocycles. The normalized spacial score (nSPS) is 21.0. The number of benzene rings is 1. The molecule has 0 saturated heterocycles. The highest BCUT2D eigenvalue weighted by Gasteiger charge is 2.30. The minimum atomic E-state index is -4.29. The van der Waals surface area contributed by atoms with Crippen molar-refractivity contribution >= 4 is 0 Å². The van der Waals surface area contributed by atoms with Gasteiger partial charge in [-0.15, -0.1) is 0 Å². The Hall–Kier alpha value is -1.29. The summed E-state index contributed by atoms with van der Waals surface area (Å²) in [5, 5.41) is 0. The zero-order valence-electron chi connectivity index (χ0n) is 12.1. The fraction of sp³-hybridized carbons (Fsp3) is 0.529. The molecule has 0 bridgehead atoms. The molecule has 0 radical (unpaired) electrons. The van der Waals surface area contributed by atoms with Crippen LogP contribution in [0.5, 0.6) is 0 Å². The number of rotatable bonds is 3. The molecular formula is C17H22F3N. The molecule has 0 saturated carbocycles. The lowest BCUT2D eigenvalue weighted by atomic mass is 9.91. The van der Waals surface area contributed by atoms with Crippen molar-refractivity contribution in [3.8, 4) is 0 Å². The number of nitrogens with two attached hydrogens (primary N) is 1. The van der Waals surface area contributed by atoms with E-state index in [0.717, 1.165) is 25.3 Å². The minimum absolute atomic E-state index is 0.174. The van der Waals surface area contributed by atoms with E-state index >= 15 is 0 Å². The molecule has 0 fully saturated rings. The summed E-state index contributed by atoms with van der Waals surface area (Å²) in [5.41, 5.74) is 7.47. The molecule has 1 nitrogen and oxygen atoms in total. The summed E-state index contributed by atoms with van der Waals surface area (Å²) in [5.74, 6) is 0. The van der Waals surface area contributed by atoms with Crippen molar-refractivity contribution in [3.05, 3.63) is 47.0 Å². The van der Waals surface area contributed by atoms with E-state index in [0.29, 0.717) is 12.0 Å². The maximum absolute atomic E-state index is 12.7. The number of halogens is 3. The van der Waals surface area contributed by atoms with Gasteiger partial charge in [-0.25, -0.2) is 0 Å². The highest BCUT2D eigenvalue weighted by molar-refractivity contribution is 5.28. The van der Waals surface area contributed by atoms with Crippen molar-refractivity contribution in [1.82, 2.24) is 0 Å². The zero-order valence-corrected chi connectivity index (χ0v) is 12.1. The Morgan fingerprint density at radius 2 is 1.86 bits per heavy atom. The third kappa shape index (κ3) is 4.88. The van der Waals surface area contributed by atoms with Crippen molar-refractivity contribution in [1.29, 1.82) is 0 Å². The largest absolute Gasteiger partial charge is 0.416 e. The van der Waals surface area contributed by atoms with E-state index in [-0.39, 0.29) is 6.04 Å². The maximum Gasteiger partial charge on any atom is 0.416 e. The minimum Gasteiger partial charge on any atom is -0.324 e. The Morgan fingerprint density at radius 3 is 2.62 bits per heavy atom. The molecule has 0 spiro atoms. The Bertz CT molecular complexity index is 491. The Morgan fingerprint density at radius 1 is 1.10 bits per heavy atom. The lowest BCUT2D eigenvalue weighted by molar-refractivity contribution is -0.137. The summed E-state index contributed by atoms with van der Waals surface area (Å²) >= 11 is 0. The van der Waals surface area contributed by atoms with Crippen molar-refractivity contribution < 1.29 is 13.2 Å². The Balaban J connectivity index is 2.06. The second-order valence-electron chi connectivity index (χ2n) is 5.74. The topological polar surface area (TPSA) is 26.0 Å². The third-order valence-electron chi connectivity index (χ3n) is 4.01. The van der Waals surface area contributed by atoms with Crippen LogP contribution >= 0.6 is 0 Å². The average molecular weight is 297 g/mol. The molecule has 1 aromatic carbocycles. The highest BCUT2D eigenvalue weighted by Crippen LogP contribution is 2.30. The summed E-state index contributed by atoms with van der Waals surface area (Å²) in [6.45, 7) is 0. The first kappa shape index (κ1) is 16.1. The molecule has 1 aliphatic rings. The number of hydrogen-bond acceptors (Lipinski definition) is 1. The van der Waals surface area contributed by atoms with Gasteiger partial charge >= 0.3 is 6.18 Å². The lowest BCUT2D eigenvalue weighted by Crippen LogP contribution is -2.26. The first-order valence-corrected chi connectivity index (χ1v) is 7.57. The van der Waals surface area contributed by atoms with Gasteiger partial charge in [0.1, 0.15) is 0 Å². The van der Waals surface area contributed by atoms with E-state index < -0.39 is 11.7 Å². The Labute approximate surface area is 124 Å². The summed E-state index contributed by atoms with van der Waals surface area (Å²) in [7, 11) is 0. The van der Waals surface area contributed by atoms with E-state index in [2.05, 4.69) is 6.08 Å². The summed E-state index contributed by atoms with van der Waals surface area (Å²) < 4.78 is 38.1. The molecule has 0 aromatic heterocycles. The van der Waals surface area contributed by atoms with E-state index in [1.807, 2.05) is 0 Å². The maximum atomic E-state index is 12.7. The van der Waals surface area contributed by atoms with Gasteiger partial charge in [-0.2, -0.15) is 13.2 Å². The van der Waals surface area contributed by atoms with Crippen LogP contribution in [0.1, 0.15) is 49.7 Å². The van der Waals surface area contributed by atoms with Gasteiger partial charge in [-0.05, 0) is 43.7 Å². The number of hydrogen-bond donors (Lipinski definition) is 1. The van der Waals surface area contributed by atoms with Gasteiger partial charge in [0.05, 0.1) is 5.56 Å². The quantitative estimate of drug-likeness (QED) is 0.792. The summed E-state index contributed by atoms with van der Waals surface area (Å²) in [4.78, 5) is 0. The van der Waals surface area contributed by atoms with Gasteiger partial charge in [0.25, 0.3) is 0 Å². The predicted molar refractivity (Wildman–Crippen MR) is 78.9 cm³/mol. The van der Waals surface area contributed by atoms with Crippen LogP contribution in [0.3, 0.4) is 0 Å². The second-order valence-corrected chi connectivity index (χ2v) is 5.74. The van der Waals surface area contributed by atoms with Crippen molar-refractivity contribution in [2.24, 2.45) is 5.73 Å². The van der Waals surface area contributed by atoms with Crippen LogP contribution in [0.2, 0.25) is 0 Å². The molecule has 1 atom stereocenters. The number of allylic oxidation sites excluding steroid dienone is 1. The summed E-state index contributed by atoms with van der Waals surface area (Å²) in [6, 6.07) is 5.32. The third-order valence-corrected chi connectivity index (χ3v) is 4.01. The fourth-order valence-corrected chi connectivity index (χ4v) is 2.81. The van der Waals surface area contributed by atoms with Gasteiger partial charge in [0.2, 0.25) is 0 Å². The van der Waals surface area contributed by atoms with Crippen LogP contribution in [0.25, 0.3) is 0 Å². The fourth-order valence-electron chi connectivity index (χ4n) is 2.81. The Kier molecular flexibility index (Phi) is 5.45. The molecule has 1 unspecified atom stereocenters. The summed E-state index contributed by atoms with van der Waals surface area (Å²) in [6.07, 6.45) is 5.15.